The quantitative estimate of drug-likeness (QED) is 0.693. The van der Waals surface area contributed by atoms with Crippen molar-refractivity contribution >= 4 is 5.91 Å². The Bertz CT molecular complexity index is 1020. The number of aromatic nitrogens is 2. The molecule has 0 saturated heterocycles. The highest BCUT2D eigenvalue weighted by Crippen LogP contribution is 2.38. The zero-order valence-corrected chi connectivity index (χ0v) is 16.5. The molecular formula is C23H23N3O3. The Kier molecular flexibility index (Phi) is 5.42. The summed E-state index contributed by atoms with van der Waals surface area (Å²) in [6.45, 7) is 4.46. The molecule has 6 heteroatoms. The van der Waals surface area contributed by atoms with E-state index in [0.717, 1.165) is 16.8 Å². The van der Waals surface area contributed by atoms with E-state index in [-0.39, 0.29) is 12.0 Å². The molecule has 1 amide bonds. The van der Waals surface area contributed by atoms with Gasteiger partial charge in [0.15, 0.2) is 11.5 Å². The second-order valence-electron chi connectivity index (χ2n) is 7.19. The zero-order valence-electron chi connectivity index (χ0n) is 16.5. The Balaban J connectivity index is 1.57. The van der Waals surface area contributed by atoms with Gasteiger partial charge in [-0.1, -0.05) is 12.1 Å². The summed E-state index contributed by atoms with van der Waals surface area (Å²) in [4.78, 5) is 21.5. The molecule has 148 valence electrons. The third-order valence-electron chi connectivity index (χ3n) is 4.77. The number of benzene rings is 1. The van der Waals surface area contributed by atoms with E-state index in [4.69, 9.17) is 9.47 Å². The third-order valence-corrected chi connectivity index (χ3v) is 4.77. The summed E-state index contributed by atoms with van der Waals surface area (Å²) in [5.74, 6) is 1.34. The lowest BCUT2D eigenvalue weighted by Crippen LogP contribution is -2.26. The molecule has 1 atom stereocenters. The van der Waals surface area contributed by atoms with E-state index in [9.17, 15) is 4.79 Å². The Labute approximate surface area is 169 Å². The minimum Gasteiger partial charge on any atom is -0.487 e. The number of fused-ring (bicyclic) bond motifs is 1. The summed E-state index contributed by atoms with van der Waals surface area (Å²) in [6, 6.07) is 11.6. The van der Waals surface area contributed by atoms with Crippen LogP contribution >= 0.6 is 0 Å². The second-order valence-corrected chi connectivity index (χ2v) is 7.19. The second kappa shape index (κ2) is 8.31. The summed E-state index contributed by atoms with van der Waals surface area (Å²) >= 11 is 0. The number of ether oxygens (including phenoxy) is 2. The van der Waals surface area contributed by atoms with Crippen molar-refractivity contribution in [3.63, 3.8) is 0 Å². The Morgan fingerprint density at radius 3 is 2.90 bits per heavy atom. The first-order valence-electron chi connectivity index (χ1n) is 9.70. The molecule has 4 rings (SSSR count). The summed E-state index contributed by atoms with van der Waals surface area (Å²) in [7, 11) is 0. The van der Waals surface area contributed by atoms with Gasteiger partial charge in [-0.25, -0.2) is 0 Å². The van der Waals surface area contributed by atoms with Gasteiger partial charge in [-0.05, 0) is 55.7 Å². The first kappa shape index (κ1) is 18.9. The largest absolute Gasteiger partial charge is 0.487 e. The fourth-order valence-corrected chi connectivity index (χ4v) is 3.36. The van der Waals surface area contributed by atoms with E-state index < -0.39 is 0 Å². The van der Waals surface area contributed by atoms with Crippen molar-refractivity contribution in [3.8, 4) is 17.2 Å². The van der Waals surface area contributed by atoms with E-state index in [2.05, 4.69) is 15.3 Å². The molecule has 0 saturated carbocycles. The highest BCUT2D eigenvalue weighted by molar-refractivity contribution is 6.00. The van der Waals surface area contributed by atoms with Gasteiger partial charge < -0.3 is 14.8 Å². The maximum absolute atomic E-state index is 13.1. The van der Waals surface area contributed by atoms with Gasteiger partial charge in [-0.2, -0.15) is 0 Å². The van der Waals surface area contributed by atoms with Crippen LogP contribution in [0.4, 0.5) is 0 Å². The van der Waals surface area contributed by atoms with Crippen LogP contribution in [-0.2, 0) is 12.8 Å². The molecule has 6 nitrogen and oxygen atoms in total. The molecule has 1 aliphatic rings. The lowest BCUT2D eigenvalue weighted by Gasteiger charge is -2.15. The van der Waals surface area contributed by atoms with Gasteiger partial charge in [0.1, 0.15) is 17.4 Å². The number of nitrogens with one attached hydrogen (secondary N) is 1. The maximum Gasteiger partial charge on any atom is 0.259 e. The number of pyridine rings is 2. The summed E-state index contributed by atoms with van der Waals surface area (Å²) < 4.78 is 11.9. The molecule has 3 aromatic rings. The Hall–Kier alpha value is -3.41. The topological polar surface area (TPSA) is 73.3 Å². The van der Waals surface area contributed by atoms with Crippen LogP contribution in [0.2, 0.25) is 0 Å². The molecule has 0 radical (unpaired) electrons. The fraction of sp³-hybridized carbons (Fsp3) is 0.261. The molecule has 1 N–H and O–H groups in total. The Morgan fingerprint density at radius 2 is 2.10 bits per heavy atom. The number of carbonyl (C=O) groups excluding carboxylic acids is 1. The molecule has 3 heterocycles. The zero-order chi connectivity index (χ0) is 20.2. The average molecular weight is 389 g/mol. The predicted molar refractivity (Wildman–Crippen MR) is 110 cm³/mol. The van der Waals surface area contributed by atoms with Crippen molar-refractivity contribution < 1.29 is 14.3 Å². The van der Waals surface area contributed by atoms with Gasteiger partial charge in [0.05, 0.1) is 11.9 Å². The fourth-order valence-electron chi connectivity index (χ4n) is 3.36. The lowest BCUT2D eigenvalue weighted by molar-refractivity contribution is 0.0947. The molecule has 29 heavy (non-hydrogen) atoms. The van der Waals surface area contributed by atoms with Crippen molar-refractivity contribution in [1.29, 1.82) is 0 Å². The smallest absolute Gasteiger partial charge is 0.259 e. The number of amides is 1. The van der Waals surface area contributed by atoms with Crippen LogP contribution in [-0.4, -0.2) is 28.5 Å². The van der Waals surface area contributed by atoms with E-state index in [1.54, 1.807) is 18.6 Å². The molecule has 1 unspecified atom stereocenters. The number of hydrogen-bond acceptors (Lipinski definition) is 5. The number of rotatable bonds is 6. The van der Waals surface area contributed by atoms with Gasteiger partial charge in [-0.15, -0.1) is 0 Å². The predicted octanol–water partition coefficient (Wildman–Crippen LogP) is 3.87. The van der Waals surface area contributed by atoms with Crippen molar-refractivity contribution in [2.24, 2.45) is 0 Å². The van der Waals surface area contributed by atoms with Gasteiger partial charge in [0.2, 0.25) is 0 Å². The molecule has 0 fully saturated rings. The molecule has 1 aliphatic heterocycles. The van der Waals surface area contributed by atoms with Gasteiger partial charge in [-0.3, -0.25) is 14.8 Å². The van der Waals surface area contributed by atoms with E-state index in [1.165, 1.54) is 0 Å². The van der Waals surface area contributed by atoms with Gasteiger partial charge in [0.25, 0.3) is 5.91 Å². The summed E-state index contributed by atoms with van der Waals surface area (Å²) in [6.07, 6.45) is 6.48. The lowest BCUT2D eigenvalue weighted by atomic mass is 10.1. The van der Waals surface area contributed by atoms with Crippen LogP contribution in [0.25, 0.3) is 0 Å². The van der Waals surface area contributed by atoms with Crippen LogP contribution in [0.3, 0.4) is 0 Å². The minimum absolute atomic E-state index is 0.0184. The molecule has 0 bridgehead atoms. The van der Waals surface area contributed by atoms with Crippen molar-refractivity contribution in [2.45, 2.75) is 32.8 Å². The third kappa shape index (κ3) is 4.37. The number of nitrogens with zero attached hydrogens (tertiary/aromatic N) is 2. The molecular weight excluding hydrogens is 366 g/mol. The summed E-state index contributed by atoms with van der Waals surface area (Å²) in [5, 5.41) is 2.98. The molecule has 0 aliphatic carbocycles. The first-order valence-corrected chi connectivity index (χ1v) is 9.70. The monoisotopic (exact) mass is 389 g/mol. The van der Waals surface area contributed by atoms with E-state index >= 15 is 0 Å². The van der Waals surface area contributed by atoms with Crippen LogP contribution < -0.4 is 14.8 Å². The van der Waals surface area contributed by atoms with Crippen molar-refractivity contribution in [2.75, 3.05) is 6.54 Å². The van der Waals surface area contributed by atoms with Crippen LogP contribution in [0.1, 0.15) is 34.1 Å². The minimum atomic E-state index is -0.227. The average Bonchev–Trinajstić information content (AvgIpc) is 3.09. The first-order chi connectivity index (χ1) is 14.1. The SMILES string of the molecule is Cc1cccc(Oc2cnc3c(c2C(=O)NCCc2ccncc2)OC(C)C3)c1. The maximum atomic E-state index is 13.1. The van der Waals surface area contributed by atoms with E-state index in [0.29, 0.717) is 42.2 Å². The van der Waals surface area contributed by atoms with Gasteiger partial charge in [0, 0.05) is 25.4 Å². The standard InChI is InChI=1S/C23H23N3O3/c1-15-4-3-5-18(12-15)29-20-14-26-19-13-16(2)28-22(19)21(20)23(27)25-11-8-17-6-9-24-10-7-17/h3-7,9-10,12,14,16H,8,11,13H2,1-2H3,(H,25,27). The van der Waals surface area contributed by atoms with Crippen LogP contribution in [0, 0.1) is 6.92 Å². The number of hydrogen-bond donors (Lipinski definition) is 1. The van der Waals surface area contributed by atoms with Crippen molar-refractivity contribution in [3.05, 3.63) is 77.4 Å². The molecule has 0 spiro atoms. The van der Waals surface area contributed by atoms with Gasteiger partial charge >= 0.3 is 0 Å². The number of carbonyl (C=O) groups is 1. The van der Waals surface area contributed by atoms with E-state index in [1.807, 2.05) is 50.2 Å². The van der Waals surface area contributed by atoms with Crippen LogP contribution in [0.15, 0.2) is 55.0 Å². The van der Waals surface area contributed by atoms with Crippen molar-refractivity contribution in [1.82, 2.24) is 15.3 Å². The van der Waals surface area contributed by atoms with Crippen LogP contribution in [0.5, 0.6) is 17.2 Å². The normalized spacial score (nSPS) is 14.8. The molecule has 2 aromatic heterocycles. The highest BCUT2D eigenvalue weighted by atomic mass is 16.5. The number of aryl methyl sites for hydroxylation is 1. The molecule has 1 aromatic carbocycles. The summed E-state index contributed by atoms with van der Waals surface area (Å²) in [5.41, 5.74) is 3.37. The highest BCUT2D eigenvalue weighted by Gasteiger charge is 2.30. The Morgan fingerprint density at radius 1 is 1.28 bits per heavy atom.